The summed E-state index contributed by atoms with van der Waals surface area (Å²) in [5.41, 5.74) is 9.36. The van der Waals surface area contributed by atoms with Crippen LogP contribution in [-0.4, -0.2) is 36.4 Å². The summed E-state index contributed by atoms with van der Waals surface area (Å²) >= 11 is 0. The van der Waals surface area contributed by atoms with Crippen molar-refractivity contribution in [1.29, 1.82) is 0 Å². The molecule has 0 bridgehead atoms. The molecule has 0 fully saturated rings. The summed E-state index contributed by atoms with van der Waals surface area (Å²) in [6.07, 6.45) is -1.96. The Bertz CT molecular complexity index is 1270. The van der Waals surface area contributed by atoms with Crippen LogP contribution in [-0.2, 0) is 24.9 Å². The van der Waals surface area contributed by atoms with E-state index in [1.165, 1.54) is 23.8 Å². The summed E-state index contributed by atoms with van der Waals surface area (Å²) < 4.78 is 46.5. The van der Waals surface area contributed by atoms with E-state index in [9.17, 15) is 13.2 Å². The van der Waals surface area contributed by atoms with Crippen LogP contribution in [0.15, 0.2) is 53.7 Å². The number of anilines is 2. The highest BCUT2D eigenvalue weighted by atomic mass is 19.4. The van der Waals surface area contributed by atoms with E-state index >= 15 is 0 Å². The quantitative estimate of drug-likeness (QED) is 0.463. The van der Waals surface area contributed by atoms with Gasteiger partial charge in [-0.3, -0.25) is 5.73 Å². The summed E-state index contributed by atoms with van der Waals surface area (Å²) in [5, 5.41) is 6.07. The molecule has 2 aromatic carbocycles. The first kappa shape index (κ1) is 22.3. The number of aromatic nitrogens is 1. The number of nitrogens with one attached hydrogen (secondary N) is 3. The fraction of sp³-hybridized carbons (Fsp3) is 0.292. The molecule has 5 N–H and O–H groups in total. The first-order valence-electron chi connectivity index (χ1n) is 10.8. The summed E-state index contributed by atoms with van der Waals surface area (Å²) in [5.74, 6) is -0.163. The zero-order valence-corrected chi connectivity index (χ0v) is 18.8. The number of likely N-dealkylation sites (N-methyl/N-ethyl adjacent to an activating group) is 1. The van der Waals surface area contributed by atoms with Gasteiger partial charge in [0.2, 0.25) is 5.79 Å². The van der Waals surface area contributed by atoms with Crippen LogP contribution in [0.25, 0.3) is 0 Å². The van der Waals surface area contributed by atoms with Crippen molar-refractivity contribution in [3.05, 3.63) is 76.5 Å². The van der Waals surface area contributed by atoms with Gasteiger partial charge in [0.15, 0.2) is 0 Å². The highest BCUT2D eigenvalue weighted by Crippen LogP contribution is 2.39. The normalized spacial score (nSPS) is 20.1. The van der Waals surface area contributed by atoms with E-state index < -0.39 is 17.5 Å². The number of para-hydroxylation sites is 1. The minimum Gasteiger partial charge on any atom is -0.496 e. The Labute approximate surface area is 194 Å². The molecule has 10 heteroatoms. The molecule has 3 heterocycles. The number of aromatic amines is 1. The lowest BCUT2D eigenvalue weighted by Gasteiger charge is -2.35. The molecule has 0 saturated carbocycles. The van der Waals surface area contributed by atoms with Crippen molar-refractivity contribution in [1.82, 2.24) is 9.88 Å². The van der Waals surface area contributed by atoms with Gasteiger partial charge in [0.05, 0.1) is 29.5 Å². The SMILES string of the molecule is COc1cc2c(cc1C1(N)N=C(Nc3ccccc3C(F)(F)F)c3cc[nH]c3N1)CN(C)CC2. The van der Waals surface area contributed by atoms with Gasteiger partial charge in [0.1, 0.15) is 17.4 Å². The lowest BCUT2D eigenvalue weighted by Crippen LogP contribution is -2.47. The van der Waals surface area contributed by atoms with Crippen molar-refractivity contribution in [2.75, 3.05) is 31.3 Å². The first-order valence-corrected chi connectivity index (χ1v) is 10.8. The maximum atomic E-state index is 13.6. The zero-order chi connectivity index (χ0) is 24.1. The number of halogens is 3. The third kappa shape index (κ3) is 3.88. The monoisotopic (exact) mass is 470 g/mol. The minimum atomic E-state index is -4.52. The van der Waals surface area contributed by atoms with Gasteiger partial charge in [-0.15, -0.1) is 0 Å². The van der Waals surface area contributed by atoms with E-state index in [4.69, 9.17) is 10.5 Å². The average Bonchev–Trinajstić information content (AvgIpc) is 3.26. The second-order valence-electron chi connectivity index (χ2n) is 8.60. The van der Waals surface area contributed by atoms with Gasteiger partial charge in [-0.2, -0.15) is 13.2 Å². The second kappa shape index (κ2) is 8.07. The van der Waals surface area contributed by atoms with Gasteiger partial charge in [-0.1, -0.05) is 12.1 Å². The Morgan fingerprint density at radius 2 is 1.97 bits per heavy atom. The standard InChI is InChI=1S/C24H25F3N6O/c1-33-10-8-14-12-20(34-2)18(11-15(14)13-33)24(28)31-21-16(7-9-29-21)22(32-24)30-19-6-4-3-5-17(19)23(25,26)27/h3-7,9,11-12,29,31H,8,10,13,28H2,1-2H3,(H,30,32). The fourth-order valence-electron chi connectivity index (χ4n) is 4.51. The summed E-state index contributed by atoms with van der Waals surface area (Å²) in [7, 11) is 3.61. The smallest absolute Gasteiger partial charge is 0.418 e. The van der Waals surface area contributed by atoms with Gasteiger partial charge >= 0.3 is 6.18 Å². The Morgan fingerprint density at radius 1 is 1.18 bits per heavy atom. The molecular weight excluding hydrogens is 445 g/mol. The van der Waals surface area contributed by atoms with Crippen molar-refractivity contribution in [3.8, 4) is 5.75 Å². The van der Waals surface area contributed by atoms with Crippen LogP contribution in [0.2, 0.25) is 0 Å². The lowest BCUT2D eigenvalue weighted by molar-refractivity contribution is -0.136. The van der Waals surface area contributed by atoms with Crippen molar-refractivity contribution in [3.63, 3.8) is 0 Å². The number of aliphatic imine (C=N–C) groups is 1. The summed E-state index contributed by atoms with van der Waals surface area (Å²) in [4.78, 5) is 9.96. The number of amidine groups is 1. The molecule has 2 aliphatic rings. The maximum Gasteiger partial charge on any atom is 0.418 e. The van der Waals surface area contributed by atoms with Crippen LogP contribution in [0.3, 0.4) is 0 Å². The highest BCUT2D eigenvalue weighted by Gasteiger charge is 2.38. The van der Waals surface area contributed by atoms with Crippen molar-refractivity contribution in [2.45, 2.75) is 24.9 Å². The van der Waals surface area contributed by atoms with Gasteiger partial charge in [-0.25, -0.2) is 4.99 Å². The molecular formula is C24H25F3N6O. The molecule has 0 aliphatic carbocycles. The van der Waals surface area contributed by atoms with E-state index in [1.807, 2.05) is 19.2 Å². The maximum absolute atomic E-state index is 13.6. The van der Waals surface area contributed by atoms with Crippen molar-refractivity contribution in [2.24, 2.45) is 10.7 Å². The number of rotatable bonds is 3. The number of fused-ring (bicyclic) bond motifs is 2. The van der Waals surface area contributed by atoms with Crippen LogP contribution in [0.5, 0.6) is 5.75 Å². The Balaban J connectivity index is 1.62. The first-order chi connectivity index (χ1) is 16.2. The Hall–Kier alpha value is -3.50. The molecule has 1 unspecified atom stereocenters. The Morgan fingerprint density at radius 3 is 2.74 bits per heavy atom. The molecule has 0 saturated heterocycles. The van der Waals surface area contributed by atoms with E-state index in [1.54, 1.807) is 19.4 Å². The van der Waals surface area contributed by atoms with E-state index in [2.05, 4.69) is 25.5 Å². The number of hydrogen-bond donors (Lipinski definition) is 4. The summed E-state index contributed by atoms with van der Waals surface area (Å²) in [6.45, 7) is 1.70. The molecule has 7 nitrogen and oxygen atoms in total. The average molecular weight is 470 g/mol. The Kier molecular flexibility index (Phi) is 5.29. The van der Waals surface area contributed by atoms with Crippen LogP contribution >= 0.6 is 0 Å². The molecule has 178 valence electrons. The van der Waals surface area contributed by atoms with E-state index in [0.717, 1.165) is 31.1 Å². The van der Waals surface area contributed by atoms with E-state index in [-0.39, 0.29) is 11.5 Å². The van der Waals surface area contributed by atoms with Gasteiger partial charge in [0, 0.05) is 19.3 Å². The number of alkyl halides is 3. The van der Waals surface area contributed by atoms with Crippen LogP contribution in [0.1, 0.15) is 27.8 Å². The predicted octanol–water partition coefficient (Wildman–Crippen LogP) is 4.08. The molecule has 34 heavy (non-hydrogen) atoms. The highest BCUT2D eigenvalue weighted by molar-refractivity contribution is 6.13. The zero-order valence-electron chi connectivity index (χ0n) is 18.8. The molecule has 3 aromatic rings. The fourth-order valence-corrected chi connectivity index (χ4v) is 4.51. The summed E-state index contributed by atoms with van der Waals surface area (Å²) in [6, 6.07) is 10.9. The number of hydrogen-bond acceptors (Lipinski definition) is 6. The molecule has 5 rings (SSSR count). The van der Waals surface area contributed by atoms with Crippen LogP contribution in [0, 0.1) is 0 Å². The molecule has 2 aliphatic heterocycles. The van der Waals surface area contributed by atoms with Gasteiger partial charge < -0.3 is 25.3 Å². The number of benzene rings is 2. The molecule has 0 radical (unpaired) electrons. The minimum absolute atomic E-state index is 0.107. The molecule has 0 amide bonds. The second-order valence-corrected chi connectivity index (χ2v) is 8.60. The van der Waals surface area contributed by atoms with Crippen molar-refractivity contribution < 1.29 is 17.9 Å². The predicted molar refractivity (Wildman–Crippen MR) is 125 cm³/mol. The largest absolute Gasteiger partial charge is 0.496 e. The molecule has 0 spiro atoms. The van der Waals surface area contributed by atoms with Gasteiger partial charge in [-0.05, 0) is 54.9 Å². The van der Waals surface area contributed by atoms with Gasteiger partial charge in [0.25, 0.3) is 0 Å². The molecule has 1 atom stereocenters. The number of ether oxygens (including phenoxy) is 1. The van der Waals surface area contributed by atoms with Crippen LogP contribution in [0.4, 0.5) is 24.7 Å². The third-order valence-corrected chi connectivity index (χ3v) is 6.23. The number of nitrogens with two attached hydrogens (primary N) is 1. The number of nitrogens with zero attached hydrogens (tertiary/aromatic N) is 2. The third-order valence-electron chi connectivity index (χ3n) is 6.23. The van der Waals surface area contributed by atoms with Crippen LogP contribution < -0.4 is 21.1 Å². The van der Waals surface area contributed by atoms with E-state index in [0.29, 0.717) is 22.7 Å². The molecule has 1 aromatic heterocycles. The van der Waals surface area contributed by atoms with Crippen molar-refractivity contribution >= 4 is 17.3 Å². The number of H-pyrrole nitrogens is 1. The lowest BCUT2D eigenvalue weighted by atomic mass is 9.93. The number of methoxy groups -OCH3 is 1. The topological polar surface area (TPSA) is 90.7 Å².